The third-order valence-corrected chi connectivity index (χ3v) is 3.85. The first kappa shape index (κ1) is 13.7. The van der Waals surface area contributed by atoms with E-state index in [0.29, 0.717) is 5.69 Å². The van der Waals surface area contributed by atoms with Crippen molar-refractivity contribution in [3.8, 4) is 5.75 Å². The maximum atomic E-state index is 5.97. The van der Waals surface area contributed by atoms with E-state index in [-0.39, 0.29) is 0 Å². The Morgan fingerprint density at radius 2 is 2.05 bits per heavy atom. The molecule has 2 aromatic carbocycles. The summed E-state index contributed by atoms with van der Waals surface area (Å²) < 4.78 is 6.13. The lowest BCUT2D eigenvalue weighted by atomic mass is 10.1. The highest BCUT2D eigenvalue weighted by Gasteiger charge is 2.06. The van der Waals surface area contributed by atoms with Gasteiger partial charge in [0.1, 0.15) is 5.75 Å². The minimum atomic E-state index is 0.673. The Kier molecular flexibility index (Phi) is 3.66. The van der Waals surface area contributed by atoms with Gasteiger partial charge in [0, 0.05) is 23.0 Å². The molecule has 4 nitrogen and oxygen atoms in total. The smallest absolute Gasteiger partial charge is 0.133 e. The molecule has 0 fully saturated rings. The Bertz CT molecular complexity index is 805. The molecule has 3 N–H and O–H groups in total. The molecule has 0 unspecified atom stereocenters. The zero-order chi connectivity index (χ0) is 14.8. The molecule has 5 heteroatoms. The predicted molar refractivity (Wildman–Crippen MR) is 90.1 cm³/mol. The summed E-state index contributed by atoms with van der Waals surface area (Å²) in [5.41, 5.74) is 9.36. The van der Waals surface area contributed by atoms with Gasteiger partial charge in [0.15, 0.2) is 0 Å². The van der Waals surface area contributed by atoms with Gasteiger partial charge in [-0.2, -0.15) is 0 Å². The van der Waals surface area contributed by atoms with E-state index in [1.807, 2.05) is 42.5 Å². The number of pyridine rings is 1. The lowest BCUT2D eigenvalue weighted by Gasteiger charge is -2.12. The van der Waals surface area contributed by atoms with Crippen LogP contribution >= 0.6 is 15.9 Å². The van der Waals surface area contributed by atoms with Crippen LogP contribution in [0.3, 0.4) is 0 Å². The van der Waals surface area contributed by atoms with Crippen LogP contribution < -0.4 is 15.8 Å². The first-order valence-corrected chi connectivity index (χ1v) is 7.22. The Hall–Kier alpha value is -2.27. The number of nitrogens with one attached hydrogen (secondary N) is 1. The second-order valence-corrected chi connectivity index (χ2v) is 5.43. The fourth-order valence-corrected chi connectivity index (χ4v) is 2.75. The molecule has 0 saturated heterocycles. The van der Waals surface area contributed by atoms with Crippen molar-refractivity contribution in [3.63, 3.8) is 0 Å². The van der Waals surface area contributed by atoms with Crippen molar-refractivity contribution in [3.05, 3.63) is 53.1 Å². The highest BCUT2D eigenvalue weighted by molar-refractivity contribution is 9.10. The van der Waals surface area contributed by atoms with Gasteiger partial charge in [-0.1, -0.05) is 12.1 Å². The molecule has 1 aromatic heterocycles. The fourth-order valence-electron chi connectivity index (χ4n) is 2.21. The van der Waals surface area contributed by atoms with E-state index in [9.17, 15) is 0 Å². The molecule has 0 aliphatic rings. The Balaban J connectivity index is 2.02. The first-order valence-electron chi connectivity index (χ1n) is 6.43. The third-order valence-electron chi connectivity index (χ3n) is 3.23. The molecule has 0 aliphatic heterocycles. The van der Waals surface area contributed by atoms with Gasteiger partial charge < -0.3 is 15.8 Å². The van der Waals surface area contributed by atoms with Crippen LogP contribution in [-0.2, 0) is 0 Å². The molecule has 0 radical (unpaired) electrons. The largest absolute Gasteiger partial charge is 0.496 e. The second kappa shape index (κ2) is 5.61. The van der Waals surface area contributed by atoms with E-state index in [1.54, 1.807) is 13.3 Å². The van der Waals surface area contributed by atoms with Crippen molar-refractivity contribution in [2.75, 3.05) is 18.2 Å². The normalized spacial score (nSPS) is 10.6. The van der Waals surface area contributed by atoms with E-state index in [2.05, 4.69) is 26.2 Å². The molecule has 3 aromatic rings. The van der Waals surface area contributed by atoms with Crippen LogP contribution in [0.1, 0.15) is 0 Å². The summed E-state index contributed by atoms with van der Waals surface area (Å²) >= 11 is 3.48. The molecular formula is C16H14BrN3O. The molecule has 3 rings (SSSR count). The quantitative estimate of drug-likeness (QED) is 0.694. The number of fused-ring (bicyclic) bond motifs is 1. The Morgan fingerprint density at radius 3 is 2.81 bits per heavy atom. The van der Waals surface area contributed by atoms with Gasteiger partial charge in [-0.05, 0) is 46.3 Å². The third kappa shape index (κ3) is 2.64. The Labute approximate surface area is 131 Å². The van der Waals surface area contributed by atoms with E-state index in [4.69, 9.17) is 10.5 Å². The van der Waals surface area contributed by atoms with E-state index in [1.165, 1.54) is 0 Å². The molecule has 0 spiro atoms. The SMILES string of the molecule is COc1ccc(Nc2ccnc3c(N)cccc23)cc1Br. The predicted octanol–water partition coefficient (Wildman–Crippen LogP) is 4.33. The summed E-state index contributed by atoms with van der Waals surface area (Å²) in [5.74, 6) is 0.796. The number of methoxy groups -OCH3 is 1. The number of halogens is 1. The van der Waals surface area contributed by atoms with Crippen molar-refractivity contribution in [1.82, 2.24) is 4.98 Å². The number of anilines is 3. The number of hydrogen-bond donors (Lipinski definition) is 2. The van der Waals surface area contributed by atoms with Gasteiger partial charge in [0.25, 0.3) is 0 Å². The van der Waals surface area contributed by atoms with Crippen LogP contribution in [0.25, 0.3) is 10.9 Å². The highest BCUT2D eigenvalue weighted by Crippen LogP contribution is 2.32. The first-order chi connectivity index (χ1) is 10.2. The summed E-state index contributed by atoms with van der Waals surface area (Å²) in [6.45, 7) is 0. The lowest BCUT2D eigenvalue weighted by Crippen LogP contribution is -1.95. The van der Waals surface area contributed by atoms with Crippen LogP contribution in [0.4, 0.5) is 17.1 Å². The molecule has 0 aliphatic carbocycles. The monoisotopic (exact) mass is 343 g/mol. The number of nitrogens with two attached hydrogens (primary N) is 1. The van der Waals surface area contributed by atoms with Crippen LogP contribution in [-0.4, -0.2) is 12.1 Å². The standard InChI is InChI=1S/C16H14BrN3O/c1-21-15-6-5-10(9-12(15)17)20-14-7-8-19-16-11(14)3-2-4-13(16)18/h2-9H,18H2,1H3,(H,19,20). The highest BCUT2D eigenvalue weighted by atomic mass is 79.9. The molecule has 21 heavy (non-hydrogen) atoms. The molecule has 0 atom stereocenters. The fraction of sp³-hybridized carbons (Fsp3) is 0.0625. The van der Waals surface area contributed by atoms with Gasteiger partial charge in [0.2, 0.25) is 0 Å². The van der Waals surface area contributed by atoms with Gasteiger partial charge in [-0.25, -0.2) is 0 Å². The zero-order valence-electron chi connectivity index (χ0n) is 11.4. The summed E-state index contributed by atoms with van der Waals surface area (Å²) in [4.78, 5) is 4.33. The van der Waals surface area contributed by atoms with Gasteiger partial charge in [-0.15, -0.1) is 0 Å². The summed E-state index contributed by atoms with van der Waals surface area (Å²) in [5, 5.41) is 4.38. The van der Waals surface area contributed by atoms with Crippen molar-refractivity contribution < 1.29 is 4.74 Å². The van der Waals surface area contributed by atoms with E-state index < -0.39 is 0 Å². The second-order valence-electron chi connectivity index (χ2n) is 4.58. The van der Waals surface area contributed by atoms with Crippen molar-refractivity contribution in [2.24, 2.45) is 0 Å². The molecule has 0 bridgehead atoms. The van der Waals surface area contributed by atoms with Crippen LogP contribution in [0, 0.1) is 0 Å². The number of rotatable bonds is 3. The van der Waals surface area contributed by atoms with Crippen molar-refractivity contribution in [2.45, 2.75) is 0 Å². The molecule has 0 saturated carbocycles. The number of benzene rings is 2. The lowest BCUT2D eigenvalue weighted by molar-refractivity contribution is 0.412. The van der Waals surface area contributed by atoms with E-state index >= 15 is 0 Å². The summed E-state index contributed by atoms with van der Waals surface area (Å²) in [7, 11) is 1.65. The number of aromatic nitrogens is 1. The number of nitrogen functional groups attached to an aromatic ring is 1. The summed E-state index contributed by atoms with van der Waals surface area (Å²) in [6.07, 6.45) is 1.75. The topological polar surface area (TPSA) is 60.2 Å². The van der Waals surface area contributed by atoms with Gasteiger partial charge >= 0.3 is 0 Å². The van der Waals surface area contributed by atoms with Crippen molar-refractivity contribution >= 4 is 43.9 Å². The zero-order valence-corrected chi connectivity index (χ0v) is 13.0. The number of ether oxygens (including phenoxy) is 1. The van der Waals surface area contributed by atoms with Gasteiger partial charge in [0.05, 0.1) is 22.8 Å². The van der Waals surface area contributed by atoms with Crippen LogP contribution in [0.2, 0.25) is 0 Å². The molecule has 0 amide bonds. The van der Waals surface area contributed by atoms with Crippen molar-refractivity contribution in [1.29, 1.82) is 0 Å². The minimum absolute atomic E-state index is 0.673. The molecule has 106 valence electrons. The molecular weight excluding hydrogens is 330 g/mol. The maximum Gasteiger partial charge on any atom is 0.133 e. The molecule has 1 heterocycles. The number of para-hydroxylation sites is 1. The average Bonchev–Trinajstić information content (AvgIpc) is 2.49. The van der Waals surface area contributed by atoms with Gasteiger partial charge in [-0.3, -0.25) is 4.98 Å². The maximum absolute atomic E-state index is 5.97. The van der Waals surface area contributed by atoms with Crippen LogP contribution in [0.15, 0.2) is 53.1 Å². The summed E-state index contributed by atoms with van der Waals surface area (Å²) in [6, 6.07) is 13.5. The van der Waals surface area contributed by atoms with Crippen LogP contribution in [0.5, 0.6) is 5.75 Å². The number of nitrogens with zero attached hydrogens (tertiary/aromatic N) is 1. The number of hydrogen-bond acceptors (Lipinski definition) is 4. The Morgan fingerprint density at radius 1 is 1.19 bits per heavy atom. The minimum Gasteiger partial charge on any atom is -0.496 e. The average molecular weight is 344 g/mol. The van der Waals surface area contributed by atoms with E-state index in [0.717, 1.165) is 32.5 Å².